The molecule has 0 bridgehead atoms. The van der Waals surface area contributed by atoms with Gasteiger partial charge in [0.25, 0.3) is 5.91 Å². The molecule has 0 heterocycles. The fourth-order valence-electron chi connectivity index (χ4n) is 2.31. The Morgan fingerprint density at radius 2 is 2.06 bits per heavy atom. The van der Waals surface area contributed by atoms with E-state index in [1.807, 2.05) is 18.0 Å². The second kappa shape index (κ2) is 5.40. The Labute approximate surface area is 115 Å². The third-order valence-electron chi connectivity index (χ3n) is 3.35. The Morgan fingerprint density at radius 3 is 2.71 bits per heavy atom. The molecule has 2 nitrogen and oxygen atoms in total. The van der Waals surface area contributed by atoms with Crippen molar-refractivity contribution < 1.29 is 4.79 Å². The average Bonchev–Trinajstić information content (AvgIpc) is 2.84. The molecule has 1 aromatic rings. The van der Waals surface area contributed by atoms with Crippen LogP contribution in [0.4, 0.5) is 0 Å². The van der Waals surface area contributed by atoms with Crippen LogP contribution in [0.3, 0.4) is 0 Å². The molecule has 0 aliphatic heterocycles. The predicted octanol–water partition coefficient (Wildman–Crippen LogP) is 4.12. The highest BCUT2D eigenvalue weighted by Crippen LogP contribution is 2.27. The molecule has 0 N–H and O–H groups in total. The van der Waals surface area contributed by atoms with E-state index in [4.69, 9.17) is 11.6 Å². The number of carbonyl (C=O) groups is 1. The van der Waals surface area contributed by atoms with Crippen LogP contribution in [0, 0.1) is 0 Å². The minimum atomic E-state index is 0.0169. The van der Waals surface area contributed by atoms with Crippen molar-refractivity contribution in [3.63, 3.8) is 0 Å². The van der Waals surface area contributed by atoms with E-state index in [1.165, 1.54) is 12.8 Å². The molecule has 1 saturated carbocycles. The van der Waals surface area contributed by atoms with Crippen LogP contribution in [0.15, 0.2) is 22.7 Å². The zero-order valence-electron chi connectivity index (χ0n) is 9.75. The number of hydrogen-bond donors (Lipinski definition) is 0. The van der Waals surface area contributed by atoms with Gasteiger partial charge in [-0.15, -0.1) is 0 Å². The zero-order chi connectivity index (χ0) is 12.4. The van der Waals surface area contributed by atoms with E-state index in [2.05, 4.69) is 15.9 Å². The van der Waals surface area contributed by atoms with Gasteiger partial charge in [0, 0.05) is 17.6 Å². The van der Waals surface area contributed by atoms with E-state index in [0.717, 1.165) is 17.3 Å². The van der Waals surface area contributed by atoms with Gasteiger partial charge in [-0.05, 0) is 31.0 Å². The molecular weight excluding hydrogens is 302 g/mol. The molecule has 1 fully saturated rings. The van der Waals surface area contributed by atoms with Gasteiger partial charge in [0.1, 0.15) is 0 Å². The molecule has 2 rings (SSSR count). The van der Waals surface area contributed by atoms with Crippen LogP contribution in [0.1, 0.15) is 36.0 Å². The molecule has 0 saturated heterocycles. The Morgan fingerprint density at radius 1 is 1.41 bits per heavy atom. The molecule has 4 heteroatoms. The van der Waals surface area contributed by atoms with Gasteiger partial charge < -0.3 is 4.90 Å². The lowest BCUT2D eigenvalue weighted by Crippen LogP contribution is -2.35. The molecule has 1 aliphatic carbocycles. The maximum absolute atomic E-state index is 12.3. The van der Waals surface area contributed by atoms with E-state index in [-0.39, 0.29) is 5.91 Å². The van der Waals surface area contributed by atoms with Crippen LogP contribution in [-0.2, 0) is 0 Å². The van der Waals surface area contributed by atoms with Crippen molar-refractivity contribution in [2.75, 3.05) is 7.05 Å². The van der Waals surface area contributed by atoms with Gasteiger partial charge in [-0.1, -0.05) is 40.4 Å². The number of nitrogens with zero attached hydrogens (tertiary/aromatic N) is 1. The Kier molecular flexibility index (Phi) is 4.10. The highest BCUT2D eigenvalue weighted by molar-refractivity contribution is 9.10. The fraction of sp³-hybridized carbons (Fsp3) is 0.462. The number of rotatable bonds is 2. The van der Waals surface area contributed by atoms with Gasteiger partial charge in [-0.3, -0.25) is 4.79 Å². The summed E-state index contributed by atoms with van der Waals surface area (Å²) >= 11 is 9.44. The van der Waals surface area contributed by atoms with Gasteiger partial charge in [0.05, 0.1) is 10.6 Å². The maximum atomic E-state index is 12.3. The topological polar surface area (TPSA) is 20.3 Å². The van der Waals surface area contributed by atoms with Crippen molar-refractivity contribution in [2.45, 2.75) is 31.7 Å². The minimum absolute atomic E-state index is 0.0169. The van der Waals surface area contributed by atoms with Crippen molar-refractivity contribution in [1.82, 2.24) is 4.90 Å². The van der Waals surface area contributed by atoms with Crippen molar-refractivity contribution in [2.24, 2.45) is 0 Å². The summed E-state index contributed by atoms with van der Waals surface area (Å²) in [6.07, 6.45) is 4.64. The van der Waals surface area contributed by atoms with Crippen molar-refractivity contribution >= 4 is 33.4 Å². The van der Waals surface area contributed by atoms with E-state index in [0.29, 0.717) is 16.6 Å². The predicted molar refractivity (Wildman–Crippen MR) is 73.5 cm³/mol. The number of amides is 1. The molecule has 0 radical (unpaired) electrons. The normalized spacial score (nSPS) is 16.2. The van der Waals surface area contributed by atoms with Gasteiger partial charge in [0.2, 0.25) is 0 Å². The zero-order valence-corrected chi connectivity index (χ0v) is 12.1. The molecule has 0 spiro atoms. The van der Waals surface area contributed by atoms with Gasteiger partial charge in [0.15, 0.2) is 0 Å². The lowest BCUT2D eigenvalue weighted by molar-refractivity contribution is 0.0735. The Hall–Kier alpha value is -0.540. The summed E-state index contributed by atoms with van der Waals surface area (Å²) in [4.78, 5) is 14.2. The number of carbonyl (C=O) groups excluding carboxylic acids is 1. The molecule has 17 heavy (non-hydrogen) atoms. The number of benzene rings is 1. The van der Waals surface area contributed by atoms with Crippen molar-refractivity contribution in [3.8, 4) is 0 Å². The van der Waals surface area contributed by atoms with Crippen LogP contribution in [0.5, 0.6) is 0 Å². The first-order valence-electron chi connectivity index (χ1n) is 5.82. The molecular formula is C13H15BrClNO. The van der Waals surface area contributed by atoms with Crippen molar-refractivity contribution in [3.05, 3.63) is 33.3 Å². The summed E-state index contributed by atoms with van der Waals surface area (Å²) in [7, 11) is 1.87. The third kappa shape index (κ3) is 2.83. The second-order valence-electron chi connectivity index (χ2n) is 4.48. The van der Waals surface area contributed by atoms with E-state index in [9.17, 15) is 4.79 Å². The first kappa shape index (κ1) is 12.9. The summed E-state index contributed by atoms with van der Waals surface area (Å²) in [5.74, 6) is 0.0169. The third-order valence-corrected chi connectivity index (χ3v) is 4.17. The minimum Gasteiger partial charge on any atom is -0.339 e. The number of halogens is 2. The van der Waals surface area contributed by atoms with Gasteiger partial charge in [-0.25, -0.2) is 0 Å². The van der Waals surface area contributed by atoms with Crippen LogP contribution < -0.4 is 0 Å². The summed E-state index contributed by atoms with van der Waals surface area (Å²) in [5, 5.41) is 0.517. The first-order valence-corrected chi connectivity index (χ1v) is 6.99. The quantitative estimate of drug-likeness (QED) is 0.804. The van der Waals surface area contributed by atoms with E-state index < -0.39 is 0 Å². The average molecular weight is 317 g/mol. The molecule has 0 aromatic heterocycles. The SMILES string of the molecule is CN(C(=O)c1cc(Br)ccc1Cl)C1CCCC1. The lowest BCUT2D eigenvalue weighted by atomic mass is 10.1. The fourth-order valence-corrected chi connectivity index (χ4v) is 2.87. The van der Waals surface area contributed by atoms with Crippen LogP contribution in [-0.4, -0.2) is 23.9 Å². The molecule has 0 unspecified atom stereocenters. The molecule has 1 amide bonds. The Balaban J connectivity index is 2.20. The molecule has 0 atom stereocenters. The van der Waals surface area contributed by atoms with E-state index in [1.54, 1.807) is 12.1 Å². The lowest BCUT2D eigenvalue weighted by Gasteiger charge is -2.24. The highest BCUT2D eigenvalue weighted by Gasteiger charge is 2.25. The van der Waals surface area contributed by atoms with Gasteiger partial charge >= 0.3 is 0 Å². The molecule has 1 aromatic carbocycles. The first-order chi connectivity index (χ1) is 8.09. The highest BCUT2D eigenvalue weighted by atomic mass is 79.9. The maximum Gasteiger partial charge on any atom is 0.255 e. The monoisotopic (exact) mass is 315 g/mol. The summed E-state index contributed by atoms with van der Waals surface area (Å²) < 4.78 is 0.880. The van der Waals surface area contributed by atoms with E-state index >= 15 is 0 Å². The second-order valence-corrected chi connectivity index (χ2v) is 5.80. The molecule has 1 aliphatic rings. The number of hydrogen-bond acceptors (Lipinski definition) is 1. The summed E-state index contributed by atoms with van der Waals surface area (Å²) in [5.41, 5.74) is 0.579. The van der Waals surface area contributed by atoms with Crippen LogP contribution in [0.2, 0.25) is 5.02 Å². The summed E-state index contributed by atoms with van der Waals surface area (Å²) in [6, 6.07) is 5.75. The van der Waals surface area contributed by atoms with Crippen LogP contribution in [0.25, 0.3) is 0 Å². The standard InChI is InChI=1S/C13H15BrClNO/c1-16(10-4-2-3-5-10)13(17)11-8-9(14)6-7-12(11)15/h6-8,10H,2-5H2,1H3. The largest absolute Gasteiger partial charge is 0.339 e. The van der Waals surface area contributed by atoms with Crippen molar-refractivity contribution in [1.29, 1.82) is 0 Å². The summed E-state index contributed by atoms with van der Waals surface area (Å²) in [6.45, 7) is 0. The van der Waals surface area contributed by atoms with Gasteiger partial charge in [-0.2, -0.15) is 0 Å². The molecule has 92 valence electrons. The smallest absolute Gasteiger partial charge is 0.255 e. The van der Waals surface area contributed by atoms with Crippen LogP contribution >= 0.6 is 27.5 Å². The Bertz CT molecular complexity index is 429.